The van der Waals surface area contributed by atoms with E-state index in [0.717, 1.165) is 26.5 Å². The van der Waals surface area contributed by atoms with Crippen molar-refractivity contribution in [3.63, 3.8) is 0 Å². The summed E-state index contributed by atoms with van der Waals surface area (Å²) in [4.78, 5) is 0. The van der Waals surface area contributed by atoms with Crippen LogP contribution in [0.1, 0.15) is 11.1 Å². The summed E-state index contributed by atoms with van der Waals surface area (Å²) in [5.41, 5.74) is 2.91. The van der Waals surface area contributed by atoms with E-state index in [1.54, 1.807) is 6.07 Å². The van der Waals surface area contributed by atoms with Crippen LogP contribution in [-0.2, 0) is 13.2 Å². The van der Waals surface area contributed by atoms with Gasteiger partial charge in [-0.1, -0.05) is 40.2 Å². The Morgan fingerprint density at radius 2 is 1.95 bits per heavy atom. The molecule has 0 bridgehead atoms. The van der Waals surface area contributed by atoms with E-state index in [2.05, 4.69) is 20.5 Å². The molecule has 0 unspecified atom stereocenters. The van der Waals surface area contributed by atoms with Crippen molar-refractivity contribution < 1.29 is 9.50 Å². The second kappa shape index (κ2) is 5.38. The SMILES string of the molecule is OCc1cccc2ccn(Cc3ccc(F)cc3Br)c12. The summed E-state index contributed by atoms with van der Waals surface area (Å²) in [6.07, 6.45) is 1.99. The van der Waals surface area contributed by atoms with Crippen molar-refractivity contribution in [2.75, 3.05) is 0 Å². The van der Waals surface area contributed by atoms with E-state index in [-0.39, 0.29) is 12.4 Å². The van der Waals surface area contributed by atoms with E-state index in [9.17, 15) is 9.50 Å². The molecule has 1 N–H and O–H groups in total. The maximum atomic E-state index is 13.1. The van der Waals surface area contributed by atoms with Crippen LogP contribution >= 0.6 is 15.9 Å². The number of aliphatic hydroxyl groups is 1. The van der Waals surface area contributed by atoms with Crippen molar-refractivity contribution in [1.82, 2.24) is 4.57 Å². The topological polar surface area (TPSA) is 25.2 Å². The van der Waals surface area contributed by atoms with E-state index >= 15 is 0 Å². The molecule has 0 amide bonds. The number of aliphatic hydroxyl groups excluding tert-OH is 1. The van der Waals surface area contributed by atoms with Gasteiger partial charge in [-0.15, -0.1) is 0 Å². The van der Waals surface area contributed by atoms with E-state index in [1.165, 1.54) is 12.1 Å². The molecule has 0 spiro atoms. The monoisotopic (exact) mass is 333 g/mol. The zero-order valence-electron chi connectivity index (χ0n) is 10.7. The summed E-state index contributed by atoms with van der Waals surface area (Å²) in [5, 5.41) is 10.6. The standard InChI is InChI=1S/C16H13BrFNO/c17-15-8-14(18)5-4-12(15)9-19-7-6-11-2-1-3-13(10-20)16(11)19/h1-8,20H,9-10H2. The summed E-state index contributed by atoms with van der Waals surface area (Å²) in [6.45, 7) is 0.632. The average Bonchev–Trinajstić information content (AvgIpc) is 2.85. The Labute approximate surface area is 124 Å². The second-order valence-corrected chi connectivity index (χ2v) is 5.55. The fourth-order valence-corrected chi connectivity index (χ4v) is 2.91. The van der Waals surface area contributed by atoms with Gasteiger partial charge in [0.2, 0.25) is 0 Å². The Kier molecular flexibility index (Phi) is 3.59. The number of nitrogens with zero attached hydrogens (tertiary/aromatic N) is 1. The first-order chi connectivity index (χ1) is 9.69. The first-order valence-corrected chi connectivity index (χ1v) is 7.10. The molecule has 0 fully saturated rings. The molecule has 0 radical (unpaired) electrons. The van der Waals surface area contributed by atoms with Gasteiger partial charge in [0.05, 0.1) is 12.1 Å². The molecular weight excluding hydrogens is 321 g/mol. The minimum Gasteiger partial charge on any atom is -0.392 e. The van der Waals surface area contributed by atoms with Crippen LogP contribution in [0.4, 0.5) is 4.39 Å². The van der Waals surface area contributed by atoms with Crippen LogP contribution in [-0.4, -0.2) is 9.67 Å². The van der Waals surface area contributed by atoms with E-state index < -0.39 is 0 Å². The lowest BCUT2D eigenvalue weighted by Crippen LogP contribution is -2.01. The molecule has 2 nitrogen and oxygen atoms in total. The Morgan fingerprint density at radius 1 is 1.10 bits per heavy atom. The average molecular weight is 334 g/mol. The van der Waals surface area contributed by atoms with Crippen LogP contribution in [0.2, 0.25) is 0 Å². The van der Waals surface area contributed by atoms with Gasteiger partial charge in [-0.05, 0) is 29.1 Å². The van der Waals surface area contributed by atoms with Crippen molar-refractivity contribution >= 4 is 26.8 Å². The van der Waals surface area contributed by atoms with Crippen molar-refractivity contribution in [2.45, 2.75) is 13.2 Å². The third kappa shape index (κ3) is 2.37. The van der Waals surface area contributed by atoms with Gasteiger partial charge in [0.1, 0.15) is 5.82 Å². The number of hydrogen-bond acceptors (Lipinski definition) is 1. The largest absolute Gasteiger partial charge is 0.392 e. The van der Waals surface area contributed by atoms with Gasteiger partial charge >= 0.3 is 0 Å². The molecule has 1 heterocycles. The molecule has 0 aliphatic rings. The molecule has 1 aromatic heterocycles. The lowest BCUT2D eigenvalue weighted by molar-refractivity contribution is 0.283. The van der Waals surface area contributed by atoms with Crippen LogP contribution in [0.25, 0.3) is 10.9 Å². The zero-order valence-corrected chi connectivity index (χ0v) is 12.3. The minimum atomic E-state index is -0.256. The van der Waals surface area contributed by atoms with E-state index in [0.29, 0.717) is 6.54 Å². The van der Waals surface area contributed by atoms with Gasteiger partial charge < -0.3 is 9.67 Å². The Balaban J connectivity index is 2.06. The number of rotatable bonds is 3. The fourth-order valence-electron chi connectivity index (χ4n) is 2.43. The highest BCUT2D eigenvalue weighted by Crippen LogP contribution is 2.24. The summed E-state index contributed by atoms with van der Waals surface area (Å²) in [7, 11) is 0. The maximum absolute atomic E-state index is 13.1. The first-order valence-electron chi connectivity index (χ1n) is 6.30. The molecule has 0 saturated carbocycles. The second-order valence-electron chi connectivity index (χ2n) is 4.69. The third-order valence-electron chi connectivity index (χ3n) is 3.40. The van der Waals surface area contributed by atoms with Crippen LogP contribution in [0, 0.1) is 5.82 Å². The Morgan fingerprint density at radius 3 is 2.70 bits per heavy atom. The minimum absolute atomic E-state index is 0.00589. The summed E-state index contributed by atoms with van der Waals surface area (Å²) in [6, 6.07) is 12.6. The summed E-state index contributed by atoms with van der Waals surface area (Å²) < 4.78 is 15.9. The third-order valence-corrected chi connectivity index (χ3v) is 4.14. The van der Waals surface area contributed by atoms with Crippen LogP contribution in [0.5, 0.6) is 0 Å². The number of fused-ring (bicyclic) bond motifs is 1. The van der Waals surface area contributed by atoms with Gasteiger partial charge in [-0.2, -0.15) is 0 Å². The molecule has 0 aliphatic heterocycles. The molecule has 0 saturated heterocycles. The quantitative estimate of drug-likeness (QED) is 0.767. The fraction of sp³-hybridized carbons (Fsp3) is 0.125. The molecule has 4 heteroatoms. The predicted octanol–water partition coefficient (Wildman–Crippen LogP) is 4.08. The highest BCUT2D eigenvalue weighted by molar-refractivity contribution is 9.10. The molecule has 20 heavy (non-hydrogen) atoms. The molecule has 0 aliphatic carbocycles. The van der Waals surface area contributed by atoms with Gasteiger partial charge in [0.15, 0.2) is 0 Å². The summed E-state index contributed by atoms with van der Waals surface area (Å²) >= 11 is 3.39. The van der Waals surface area contributed by atoms with Crippen LogP contribution in [0.15, 0.2) is 53.1 Å². The molecule has 0 atom stereocenters. The number of aromatic nitrogens is 1. The van der Waals surface area contributed by atoms with E-state index in [4.69, 9.17) is 0 Å². The maximum Gasteiger partial charge on any atom is 0.124 e. The van der Waals surface area contributed by atoms with Gasteiger partial charge in [-0.25, -0.2) is 4.39 Å². The lowest BCUT2D eigenvalue weighted by Gasteiger charge is -2.10. The zero-order chi connectivity index (χ0) is 14.1. The van der Waals surface area contributed by atoms with Crippen molar-refractivity contribution in [1.29, 1.82) is 0 Å². The van der Waals surface area contributed by atoms with Gasteiger partial charge in [-0.3, -0.25) is 0 Å². The smallest absolute Gasteiger partial charge is 0.124 e. The lowest BCUT2D eigenvalue weighted by atomic mass is 10.1. The highest BCUT2D eigenvalue weighted by Gasteiger charge is 2.08. The molecular formula is C16H13BrFNO. The van der Waals surface area contributed by atoms with Crippen molar-refractivity contribution in [3.8, 4) is 0 Å². The molecule has 3 aromatic rings. The van der Waals surface area contributed by atoms with Crippen molar-refractivity contribution in [3.05, 3.63) is 70.1 Å². The number of halogens is 2. The number of hydrogen-bond donors (Lipinski definition) is 1. The number of para-hydroxylation sites is 1. The molecule has 2 aromatic carbocycles. The number of benzene rings is 2. The predicted molar refractivity (Wildman–Crippen MR) is 81.1 cm³/mol. The van der Waals surface area contributed by atoms with Gasteiger partial charge in [0.25, 0.3) is 0 Å². The van der Waals surface area contributed by atoms with Crippen LogP contribution < -0.4 is 0 Å². The molecule has 3 rings (SSSR count). The van der Waals surface area contributed by atoms with Crippen molar-refractivity contribution in [2.24, 2.45) is 0 Å². The van der Waals surface area contributed by atoms with Crippen LogP contribution in [0.3, 0.4) is 0 Å². The first kappa shape index (κ1) is 13.3. The highest BCUT2D eigenvalue weighted by atomic mass is 79.9. The normalized spacial score (nSPS) is 11.2. The Hall–Kier alpha value is -1.65. The summed E-state index contributed by atoms with van der Waals surface area (Å²) in [5.74, 6) is -0.256. The van der Waals surface area contributed by atoms with Gasteiger partial charge in [0, 0.05) is 22.8 Å². The Bertz CT molecular complexity index is 766. The molecule has 102 valence electrons. The van der Waals surface area contributed by atoms with E-state index in [1.807, 2.05) is 30.5 Å².